The van der Waals surface area contributed by atoms with E-state index in [1.807, 2.05) is 19.0 Å². The number of likely N-dealkylation sites (N-methyl/N-ethyl adjacent to an activating group) is 1. The molecule has 2 atom stereocenters. The van der Waals surface area contributed by atoms with Gasteiger partial charge < -0.3 is 25.4 Å². The van der Waals surface area contributed by atoms with Gasteiger partial charge in [-0.05, 0) is 43.9 Å². The highest BCUT2D eigenvalue weighted by Crippen LogP contribution is 2.31. The number of pyridine rings is 1. The number of alkyl halides is 3. The highest BCUT2D eigenvalue weighted by molar-refractivity contribution is 5.95. The summed E-state index contributed by atoms with van der Waals surface area (Å²) in [6.07, 6.45) is -5.30. The molecule has 1 fully saturated rings. The molecule has 1 saturated heterocycles. The number of hydrogen-bond donors (Lipinski definition) is 2. The van der Waals surface area contributed by atoms with Crippen molar-refractivity contribution in [2.75, 3.05) is 27.2 Å². The number of hydrogen-bond acceptors (Lipinski definition) is 6. The number of benzene rings is 1. The van der Waals surface area contributed by atoms with Crippen LogP contribution in [0.4, 0.5) is 13.2 Å². The molecular weight excluding hydrogens is 437 g/mol. The maximum atomic E-state index is 13.1. The van der Waals surface area contributed by atoms with Gasteiger partial charge in [-0.15, -0.1) is 12.4 Å². The largest absolute Gasteiger partial charge is 0.439 e. The molecule has 0 saturated carbocycles. The summed E-state index contributed by atoms with van der Waals surface area (Å²) in [5.74, 6) is -0.401. The molecule has 7 nitrogen and oxygen atoms in total. The minimum atomic E-state index is -4.64. The van der Waals surface area contributed by atoms with Crippen LogP contribution in [0.2, 0.25) is 0 Å². The van der Waals surface area contributed by atoms with Crippen LogP contribution < -0.4 is 10.5 Å². The number of aliphatic hydroxyl groups is 1. The number of halogens is 4. The van der Waals surface area contributed by atoms with Gasteiger partial charge in [-0.1, -0.05) is 6.07 Å². The minimum absolute atomic E-state index is 0. The molecule has 2 aromatic rings. The normalized spacial score (nSPS) is 18.8. The first-order valence-corrected chi connectivity index (χ1v) is 9.28. The summed E-state index contributed by atoms with van der Waals surface area (Å²) in [4.78, 5) is 19.7. The third kappa shape index (κ3) is 5.85. The third-order valence-corrected chi connectivity index (χ3v) is 4.90. The highest BCUT2D eigenvalue weighted by atomic mass is 35.5. The van der Waals surface area contributed by atoms with Crippen LogP contribution in [0.5, 0.6) is 11.6 Å². The number of β-amino-alcohol motifs (C(OH)–C–C–N with tert-alkyl or cyclic N) is 1. The molecule has 0 aliphatic carbocycles. The fraction of sp³-hybridized carbons (Fsp3) is 0.400. The molecule has 1 amide bonds. The first-order chi connectivity index (χ1) is 14.1. The second-order valence-corrected chi connectivity index (χ2v) is 7.34. The number of amides is 1. The van der Waals surface area contributed by atoms with E-state index in [1.165, 1.54) is 23.1 Å². The Labute approximate surface area is 184 Å². The molecule has 1 aromatic heterocycles. The van der Waals surface area contributed by atoms with Crippen LogP contribution >= 0.6 is 12.4 Å². The number of rotatable bonds is 5. The van der Waals surface area contributed by atoms with Crippen LogP contribution in [0.3, 0.4) is 0 Å². The number of aliphatic hydroxyl groups excluding tert-OH is 1. The standard InChI is InChI=1S/C20H23F3N4O3.ClH/c1-26(2)15-10-27(11-16(15)28)19(29)13-4-3-5-14(8-13)30-18-7-12(9-24)6-17(25-18)20(21,22)23;/h3-8,15-16,28H,9-11,24H2,1-2H3;1H/t15-,16-;/m0./s1. The lowest BCUT2D eigenvalue weighted by Crippen LogP contribution is -2.38. The maximum absolute atomic E-state index is 13.1. The molecular formula is C20H24ClF3N4O3. The summed E-state index contributed by atoms with van der Waals surface area (Å²) in [7, 11) is 3.65. The molecule has 0 unspecified atom stereocenters. The van der Waals surface area contributed by atoms with Gasteiger partial charge in [0.25, 0.3) is 5.91 Å². The second-order valence-electron chi connectivity index (χ2n) is 7.34. The van der Waals surface area contributed by atoms with E-state index in [0.29, 0.717) is 12.1 Å². The van der Waals surface area contributed by atoms with Gasteiger partial charge in [0, 0.05) is 31.3 Å². The Morgan fingerprint density at radius 2 is 2.00 bits per heavy atom. The Hall–Kier alpha value is -2.40. The molecule has 11 heteroatoms. The van der Waals surface area contributed by atoms with Gasteiger partial charge >= 0.3 is 6.18 Å². The molecule has 0 radical (unpaired) electrons. The lowest BCUT2D eigenvalue weighted by atomic mass is 10.2. The SMILES string of the molecule is CN(C)[C@H]1CN(C(=O)c2cccc(Oc3cc(CN)cc(C(F)(F)F)n3)c2)C[C@@H]1O.Cl. The molecule has 0 bridgehead atoms. The van der Waals surface area contributed by atoms with Crippen LogP contribution in [0.25, 0.3) is 0 Å². The van der Waals surface area contributed by atoms with Gasteiger partial charge in [0.2, 0.25) is 5.88 Å². The van der Waals surface area contributed by atoms with Crippen molar-refractivity contribution in [1.29, 1.82) is 0 Å². The Kier molecular flexibility index (Phi) is 7.87. The van der Waals surface area contributed by atoms with E-state index in [0.717, 1.165) is 6.07 Å². The number of ether oxygens (including phenoxy) is 1. The Morgan fingerprint density at radius 1 is 1.29 bits per heavy atom. The molecule has 3 N–H and O–H groups in total. The van der Waals surface area contributed by atoms with Gasteiger partial charge in [-0.25, -0.2) is 4.98 Å². The monoisotopic (exact) mass is 460 g/mol. The number of carbonyl (C=O) groups is 1. The van der Waals surface area contributed by atoms with Gasteiger partial charge in [-0.2, -0.15) is 13.2 Å². The Bertz CT molecular complexity index is 927. The molecule has 2 heterocycles. The summed E-state index contributed by atoms with van der Waals surface area (Å²) in [6.45, 7) is 0.458. The van der Waals surface area contributed by atoms with E-state index in [9.17, 15) is 23.1 Å². The van der Waals surface area contributed by atoms with Crippen molar-refractivity contribution in [3.63, 3.8) is 0 Å². The van der Waals surface area contributed by atoms with E-state index in [2.05, 4.69) is 4.98 Å². The van der Waals surface area contributed by atoms with Gasteiger partial charge in [-0.3, -0.25) is 4.79 Å². The number of carbonyl (C=O) groups excluding carboxylic acids is 1. The number of aromatic nitrogens is 1. The summed E-state index contributed by atoms with van der Waals surface area (Å²) in [6, 6.07) is 8.11. The van der Waals surface area contributed by atoms with Crippen molar-refractivity contribution in [3.8, 4) is 11.6 Å². The lowest BCUT2D eigenvalue weighted by molar-refractivity contribution is -0.141. The highest BCUT2D eigenvalue weighted by Gasteiger charge is 2.36. The summed E-state index contributed by atoms with van der Waals surface area (Å²) in [5, 5.41) is 10.1. The van der Waals surface area contributed by atoms with Crippen molar-refractivity contribution in [3.05, 3.63) is 53.2 Å². The van der Waals surface area contributed by atoms with E-state index >= 15 is 0 Å². The number of nitrogens with two attached hydrogens (primary N) is 1. The average molecular weight is 461 g/mol. The Morgan fingerprint density at radius 3 is 2.58 bits per heavy atom. The number of nitrogens with zero attached hydrogens (tertiary/aromatic N) is 3. The predicted molar refractivity (Wildman–Crippen MR) is 110 cm³/mol. The molecule has 1 aliphatic rings. The van der Waals surface area contributed by atoms with Crippen molar-refractivity contribution >= 4 is 18.3 Å². The topological polar surface area (TPSA) is 91.9 Å². The molecule has 1 aliphatic heterocycles. The van der Waals surface area contributed by atoms with E-state index in [4.69, 9.17) is 10.5 Å². The molecule has 31 heavy (non-hydrogen) atoms. The minimum Gasteiger partial charge on any atom is -0.439 e. The first kappa shape index (κ1) is 24.9. The zero-order valence-electron chi connectivity index (χ0n) is 17.0. The smallest absolute Gasteiger partial charge is 0.433 e. The van der Waals surface area contributed by atoms with Gasteiger partial charge in [0.05, 0.1) is 12.1 Å². The Balaban J connectivity index is 0.00000341. The fourth-order valence-corrected chi connectivity index (χ4v) is 3.31. The van der Waals surface area contributed by atoms with Crippen molar-refractivity contribution < 1.29 is 27.8 Å². The first-order valence-electron chi connectivity index (χ1n) is 9.28. The van der Waals surface area contributed by atoms with Crippen molar-refractivity contribution in [1.82, 2.24) is 14.8 Å². The van der Waals surface area contributed by atoms with E-state index in [-0.39, 0.29) is 54.6 Å². The summed E-state index contributed by atoms with van der Waals surface area (Å²) in [5.41, 5.74) is 4.89. The van der Waals surface area contributed by atoms with Crippen LogP contribution in [-0.2, 0) is 12.7 Å². The zero-order valence-corrected chi connectivity index (χ0v) is 17.8. The van der Waals surface area contributed by atoms with Crippen LogP contribution in [-0.4, -0.2) is 65.1 Å². The third-order valence-electron chi connectivity index (χ3n) is 4.90. The molecule has 170 valence electrons. The fourth-order valence-electron chi connectivity index (χ4n) is 3.31. The van der Waals surface area contributed by atoms with Gasteiger partial charge in [0.1, 0.15) is 11.4 Å². The molecule has 1 aromatic carbocycles. The number of likely N-dealkylation sites (tertiary alicyclic amines) is 1. The summed E-state index contributed by atoms with van der Waals surface area (Å²) >= 11 is 0. The van der Waals surface area contributed by atoms with Crippen LogP contribution in [0.1, 0.15) is 21.6 Å². The van der Waals surface area contributed by atoms with E-state index in [1.54, 1.807) is 12.1 Å². The van der Waals surface area contributed by atoms with E-state index < -0.39 is 18.0 Å². The van der Waals surface area contributed by atoms with Crippen molar-refractivity contribution in [2.45, 2.75) is 24.9 Å². The zero-order chi connectivity index (χ0) is 22.1. The summed E-state index contributed by atoms with van der Waals surface area (Å²) < 4.78 is 44.7. The van der Waals surface area contributed by atoms with Crippen molar-refractivity contribution in [2.24, 2.45) is 5.73 Å². The molecule has 3 rings (SSSR count). The predicted octanol–water partition coefficient (Wildman–Crippen LogP) is 2.52. The second kappa shape index (κ2) is 9.82. The maximum Gasteiger partial charge on any atom is 0.433 e. The van der Waals surface area contributed by atoms with Gasteiger partial charge in [0.15, 0.2) is 0 Å². The van der Waals surface area contributed by atoms with Crippen LogP contribution in [0, 0.1) is 0 Å². The van der Waals surface area contributed by atoms with Crippen LogP contribution in [0.15, 0.2) is 36.4 Å². The molecule has 0 spiro atoms. The average Bonchev–Trinajstić information content (AvgIpc) is 3.08. The quantitative estimate of drug-likeness (QED) is 0.712. The lowest BCUT2D eigenvalue weighted by Gasteiger charge is -2.21.